The third-order valence-corrected chi connectivity index (χ3v) is 4.39. The number of nitrogens with zero attached hydrogens (tertiary/aromatic N) is 5. The van der Waals surface area contributed by atoms with Crippen molar-refractivity contribution in [2.75, 3.05) is 11.9 Å². The van der Waals surface area contributed by atoms with E-state index in [0.29, 0.717) is 34.8 Å². The highest BCUT2D eigenvalue weighted by Crippen LogP contribution is 2.28. The summed E-state index contributed by atoms with van der Waals surface area (Å²) in [6, 6.07) is 9.10. The second-order valence-corrected chi connectivity index (χ2v) is 6.66. The lowest BCUT2D eigenvalue weighted by atomic mass is 10.3. The summed E-state index contributed by atoms with van der Waals surface area (Å²) in [5, 5.41) is 18.2. The molecule has 1 amide bonds. The molecule has 0 fully saturated rings. The summed E-state index contributed by atoms with van der Waals surface area (Å²) < 4.78 is 12.2. The van der Waals surface area contributed by atoms with Gasteiger partial charge in [0.25, 0.3) is 0 Å². The molecule has 0 aliphatic rings. The minimum Gasteiger partial charge on any atom is -0.492 e. The van der Waals surface area contributed by atoms with E-state index < -0.39 is 5.25 Å². The molecule has 0 saturated carbocycles. The van der Waals surface area contributed by atoms with E-state index in [1.807, 2.05) is 31.2 Å². The van der Waals surface area contributed by atoms with Crippen LogP contribution in [0.4, 0.5) is 5.88 Å². The first-order valence-electron chi connectivity index (χ1n) is 8.00. The number of para-hydroxylation sites is 2. The topological polar surface area (TPSA) is 108 Å². The summed E-state index contributed by atoms with van der Waals surface area (Å²) in [5.74, 6) is 0.735. The fourth-order valence-corrected chi connectivity index (χ4v) is 2.97. The van der Waals surface area contributed by atoms with Crippen molar-refractivity contribution in [3.63, 3.8) is 0 Å². The van der Waals surface area contributed by atoms with Crippen LogP contribution in [0.15, 0.2) is 40.0 Å². The number of ether oxygens (including phenoxy) is 1. The summed E-state index contributed by atoms with van der Waals surface area (Å²) in [4.78, 5) is 12.3. The van der Waals surface area contributed by atoms with Gasteiger partial charge in [0.2, 0.25) is 16.9 Å². The van der Waals surface area contributed by atoms with Crippen molar-refractivity contribution in [2.24, 2.45) is 0 Å². The summed E-state index contributed by atoms with van der Waals surface area (Å²) in [5.41, 5.74) is 1.40. The molecule has 26 heavy (non-hydrogen) atoms. The first-order valence-corrected chi connectivity index (χ1v) is 8.88. The fraction of sp³-hybridized carbons (Fsp3) is 0.312. The SMILES string of the molecule is CCOc1ccccc1-n1nnnc1SC(C)C(=O)Nc1cc(C)no1. The molecule has 0 saturated heterocycles. The quantitative estimate of drug-likeness (QED) is 0.628. The van der Waals surface area contributed by atoms with E-state index in [-0.39, 0.29) is 5.91 Å². The van der Waals surface area contributed by atoms with Crippen LogP contribution in [0.5, 0.6) is 5.75 Å². The minimum atomic E-state index is -0.454. The van der Waals surface area contributed by atoms with Crippen LogP contribution in [-0.2, 0) is 4.79 Å². The van der Waals surface area contributed by atoms with Crippen LogP contribution in [0, 0.1) is 6.92 Å². The molecule has 1 aromatic carbocycles. The number of aromatic nitrogens is 5. The molecule has 3 rings (SSSR count). The molecule has 2 aromatic heterocycles. The number of aryl methyl sites for hydroxylation is 1. The number of rotatable bonds is 7. The second-order valence-electron chi connectivity index (χ2n) is 5.36. The van der Waals surface area contributed by atoms with Gasteiger partial charge >= 0.3 is 0 Å². The third-order valence-electron chi connectivity index (χ3n) is 3.36. The number of carbonyl (C=O) groups excluding carboxylic acids is 1. The molecule has 0 aliphatic heterocycles. The number of carbonyl (C=O) groups is 1. The Kier molecular flexibility index (Phi) is 5.52. The van der Waals surface area contributed by atoms with Gasteiger partial charge in [-0.25, -0.2) is 0 Å². The number of nitrogens with one attached hydrogen (secondary N) is 1. The van der Waals surface area contributed by atoms with Gasteiger partial charge in [-0.1, -0.05) is 29.1 Å². The van der Waals surface area contributed by atoms with Gasteiger partial charge in [0.1, 0.15) is 11.4 Å². The van der Waals surface area contributed by atoms with E-state index in [1.165, 1.54) is 11.8 Å². The molecular weight excluding hydrogens is 356 g/mol. The Labute approximate surface area is 154 Å². The highest BCUT2D eigenvalue weighted by molar-refractivity contribution is 8.00. The minimum absolute atomic E-state index is 0.237. The van der Waals surface area contributed by atoms with E-state index in [2.05, 4.69) is 26.0 Å². The van der Waals surface area contributed by atoms with Crippen LogP contribution in [0.2, 0.25) is 0 Å². The highest BCUT2D eigenvalue weighted by Gasteiger charge is 2.21. The first-order chi connectivity index (χ1) is 12.6. The van der Waals surface area contributed by atoms with Gasteiger partial charge in [-0.3, -0.25) is 10.1 Å². The van der Waals surface area contributed by atoms with Gasteiger partial charge in [-0.05, 0) is 43.3 Å². The van der Waals surface area contributed by atoms with Gasteiger partial charge in [-0.15, -0.1) is 5.10 Å². The average molecular weight is 374 g/mol. The van der Waals surface area contributed by atoms with Gasteiger partial charge in [-0.2, -0.15) is 4.68 Å². The largest absolute Gasteiger partial charge is 0.492 e. The summed E-state index contributed by atoms with van der Waals surface area (Å²) >= 11 is 1.23. The normalized spacial score (nSPS) is 12.0. The van der Waals surface area contributed by atoms with Crippen LogP contribution >= 0.6 is 11.8 Å². The third kappa shape index (κ3) is 4.02. The van der Waals surface area contributed by atoms with E-state index in [1.54, 1.807) is 24.6 Å². The van der Waals surface area contributed by atoms with Crippen molar-refractivity contribution < 1.29 is 14.1 Å². The predicted octanol–water partition coefficient (Wildman–Crippen LogP) is 2.48. The summed E-state index contributed by atoms with van der Waals surface area (Å²) in [7, 11) is 0. The Morgan fingerprint density at radius 1 is 1.42 bits per heavy atom. The molecule has 1 N–H and O–H groups in total. The molecule has 2 heterocycles. The smallest absolute Gasteiger partial charge is 0.240 e. The maximum atomic E-state index is 12.3. The maximum absolute atomic E-state index is 12.3. The zero-order chi connectivity index (χ0) is 18.5. The second kappa shape index (κ2) is 8.00. The van der Waals surface area contributed by atoms with Crippen LogP contribution < -0.4 is 10.1 Å². The monoisotopic (exact) mass is 374 g/mol. The maximum Gasteiger partial charge on any atom is 0.240 e. The van der Waals surface area contributed by atoms with Gasteiger partial charge in [0, 0.05) is 6.07 Å². The standard InChI is InChI=1S/C16H18N6O3S/c1-4-24-13-8-6-5-7-12(13)22-16(18-20-21-22)26-11(3)15(23)17-14-9-10(2)19-25-14/h5-9,11H,4H2,1-3H3,(H,17,23). The van der Waals surface area contributed by atoms with Crippen LogP contribution in [0.3, 0.4) is 0 Å². The van der Waals surface area contributed by atoms with Crippen LogP contribution in [-0.4, -0.2) is 43.1 Å². The molecule has 1 atom stereocenters. The number of hydrogen-bond donors (Lipinski definition) is 1. The van der Waals surface area contributed by atoms with E-state index in [4.69, 9.17) is 9.26 Å². The van der Waals surface area contributed by atoms with E-state index in [0.717, 1.165) is 0 Å². The van der Waals surface area contributed by atoms with Crippen molar-refractivity contribution in [1.29, 1.82) is 0 Å². The van der Waals surface area contributed by atoms with Gasteiger partial charge < -0.3 is 9.26 Å². The lowest BCUT2D eigenvalue weighted by molar-refractivity contribution is -0.115. The Bertz CT molecular complexity index is 894. The number of hydrogen-bond acceptors (Lipinski definition) is 8. The molecule has 1 unspecified atom stereocenters. The van der Waals surface area contributed by atoms with Crippen molar-refractivity contribution in [3.8, 4) is 11.4 Å². The number of amides is 1. The lowest BCUT2D eigenvalue weighted by Crippen LogP contribution is -2.22. The molecule has 3 aromatic rings. The molecule has 9 nitrogen and oxygen atoms in total. The number of tetrazole rings is 1. The predicted molar refractivity (Wildman–Crippen MR) is 95.5 cm³/mol. The number of benzene rings is 1. The molecule has 10 heteroatoms. The Balaban J connectivity index is 1.75. The average Bonchev–Trinajstić information content (AvgIpc) is 3.24. The molecule has 0 radical (unpaired) electrons. The Hall–Kier alpha value is -2.88. The van der Waals surface area contributed by atoms with E-state index in [9.17, 15) is 4.79 Å². The van der Waals surface area contributed by atoms with Crippen molar-refractivity contribution in [3.05, 3.63) is 36.0 Å². The van der Waals surface area contributed by atoms with Crippen molar-refractivity contribution >= 4 is 23.6 Å². The number of anilines is 1. The van der Waals surface area contributed by atoms with Crippen LogP contribution in [0.25, 0.3) is 5.69 Å². The fourth-order valence-electron chi connectivity index (χ4n) is 2.17. The highest BCUT2D eigenvalue weighted by atomic mass is 32.2. The Morgan fingerprint density at radius 3 is 2.96 bits per heavy atom. The molecule has 136 valence electrons. The lowest BCUT2D eigenvalue weighted by Gasteiger charge is -2.12. The van der Waals surface area contributed by atoms with Crippen molar-refractivity contribution in [2.45, 2.75) is 31.2 Å². The van der Waals surface area contributed by atoms with Crippen molar-refractivity contribution in [1.82, 2.24) is 25.4 Å². The first kappa shape index (κ1) is 17.9. The van der Waals surface area contributed by atoms with Gasteiger partial charge in [0.15, 0.2) is 0 Å². The molecule has 0 aliphatic carbocycles. The Morgan fingerprint density at radius 2 is 2.23 bits per heavy atom. The summed E-state index contributed by atoms with van der Waals surface area (Å²) in [6.07, 6.45) is 0. The number of thioether (sulfide) groups is 1. The zero-order valence-corrected chi connectivity index (χ0v) is 15.4. The van der Waals surface area contributed by atoms with Gasteiger partial charge in [0.05, 0.1) is 17.6 Å². The molecule has 0 spiro atoms. The zero-order valence-electron chi connectivity index (χ0n) is 14.5. The molecule has 0 bridgehead atoms. The molecular formula is C16H18N6O3S. The van der Waals surface area contributed by atoms with Crippen LogP contribution in [0.1, 0.15) is 19.5 Å². The van der Waals surface area contributed by atoms with E-state index >= 15 is 0 Å². The summed E-state index contributed by atoms with van der Waals surface area (Å²) in [6.45, 7) is 5.97.